The van der Waals surface area contributed by atoms with Gasteiger partial charge in [-0.15, -0.1) is 0 Å². The smallest absolute Gasteiger partial charge is 0.410 e. The summed E-state index contributed by atoms with van der Waals surface area (Å²) in [6, 6.07) is 4.97. The van der Waals surface area contributed by atoms with Gasteiger partial charge in [-0.05, 0) is 18.1 Å². The minimum atomic E-state index is -0.853. The number of nitrogens with zero attached hydrogens (tertiary/aromatic N) is 5. The number of nitro benzene ring substituents is 1. The van der Waals surface area contributed by atoms with E-state index >= 15 is 0 Å². The van der Waals surface area contributed by atoms with Crippen LogP contribution in [0.5, 0.6) is 5.75 Å². The second-order valence-electron chi connectivity index (χ2n) is 6.63. The lowest BCUT2D eigenvalue weighted by atomic mass is 9.98. The van der Waals surface area contributed by atoms with Crippen molar-refractivity contribution in [3.8, 4) is 5.75 Å². The lowest BCUT2D eigenvalue weighted by Crippen LogP contribution is -2.42. The van der Waals surface area contributed by atoms with Crippen molar-refractivity contribution in [3.63, 3.8) is 0 Å². The molecule has 3 rings (SSSR count). The zero-order chi connectivity index (χ0) is 20.3. The standard InChI is InChI=1S/C16H19N5O7/c1-11-9-27-10-12(11)8-18-6-7-19(15(18)17-21(25)26)16(22)28-14-4-2-13(3-5-14)20(23)24/h2-5,11-12H,6-10H2,1H3. The van der Waals surface area contributed by atoms with Crippen LogP contribution in [0, 0.1) is 32.1 Å². The average Bonchev–Trinajstić information content (AvgIpc) is 3.22. The van der Waals surface area contributed by atoms with Crippen molar-refractivity contribution < 1.29 is 24.2 Å². The fourth-order valence-corrected chi connectivity index (χ4v) is 3.14. The zero-order valence-electron chi connectivity index (χ0n) is 15.1. The molecule has 1 aromatic carbocycles. The number of amides is 1. The molecular formula is C16H19N5O7. The van der Waals surface area contributed by atoms with E-state index in [-0.39, 0.29) is 29.9 Å². The SMILES string of the molecule is CC1COCC1CN1CCN(C(=O)Oc2ccc([N+](=O)[O-])cc2)C1=N[N+](=O)[O-]. The third-order valence-electron chi connectivity index (χ3n) is 4.73. The Hall–Kier alpha value is -3.28. The van der Waals surface area contributed by atoms with Gasteiger partial charge in [0, 0.05) is 37.7 Å². The molecule has 0 bridgehead atoms. The van der Waals surface area contributed by atoms with E-state index in [4.69, 9.17) is 9.47 Å². The zero-order valence-corrected chi connectivity index (χ0v) is 15.1. The Morgan fingerprint density at radius 1 is 1.25 bits per heavy atom. The lowest BCUT2D eigenvalue weighted by Gasteiger charge is -2.23. The fourth-order valence-electron chi connectivity index (χ4n) is 3.14. The molecule has 2 atom stereocenters. The van der Waals surface area contributed by atoms with E-state index < -0.39 is 16.0 Å². The molecule has 2 aliphatic rings. The molecule has 0 aliphatic carbocycles. The molecule has 28 heavy (non-hydrogen) atoms. The number of carbonyl (C=O) groups is 1. The highest BCUT2D eigenvalue weighted by molar-refractivity contribution is 5.96. The molecule has 0 N–H and O–H groups in total. The predicted octanol–water partition coefficient (Wildman–Crippen LogP) is 1.54. The topological polar surface area (TPSA) is 141 Å². The maximum absolute atomic E-state index is 12.5. The Balaban J connectivity index is 1.71. The summed E-state index contributed by atoms with van der Waals surface area (Å²) in [6.07, 6.45) is -0.840. The van der Waals surface area contributed by atoms with Crippen molar-refractivity contribution >= 4 is 17.7 Å². The van der Waals surface area contributed by atoms with E-state index in [0.29, 0.717) is 32.2 Å². The number of rotatable bonds is 5. The van der Waals surface area contributed by atoms with Crippen molar-refractivity contribution in [2.75, 3.05) is 32.8 Å². The molecule has 12 heteroatoms. The Morgan fingerprint density at radius 3 is 2.54 bits per heavy atom. The van der Waals surface area contributed by atoms with Crippen LogP contribution >= 0.6 is 0 Å². The van der Waals surface area contributed by atoms with E-state index in [1.807, 2.05) is 6.92 Å². The number of hydrogen-bond donors (Lipinski definition) is 0. The second-order valence-corrected chi connectivity index (χ2v) is 6.63. The first-order valence-electron chi connectivity index (χ1n) is 8.64. The molecule has 1 amide bonds. The molecule has 0 spiro atoms. The summed E-state index contributed by atoms with van der Waals surface area (Å²) in [5.74, 6) is 0.490. The van der Waals surface area contributed by atoms with Crippen LogP contribution < -0.4 is 4.74 Å². The third-order valence-corrected chi connectivity index (χ3v) is 4.73. The van der Waals surface area contributed by atoms with E-state index in [9.17, 15) is 25.0 Å². The van der Waals surface area contributed by atoms with Crippen molar-refractivity contribution in [3.05, 3.63) is 44.5 Å². The molecule has 0 aromatic heterocycles. The van der Waals surface area contributed by atoms with Crippen molar-refractivity contribution in [1.82, 2.24) is 9.80 Å². The molecule has 2 heterocycles. The summed E-state index contributed by atoms with van der Waals surface area (Å²) in [6.45, 7) is 4.27. The summed E-state index contributed by atoms with van der Waals surface area (Å²) in [7, 11) is 0. The number of carbonyl (C=O) groups excluding carboxylic acids is 1. The Labute approximate surface area is 159 Å². The molecular weight excluding hydrogens is 374 g/mol. The molecule has 0 saturated carbocycles. The number of nitro groups is 2. The van der Waals surface area contributed by atoms with Gasteiger partial charge in [0.15, 0.2) is 5.03 Å². The summed E-state index contributed by atoms with van der Waals surface area (Å²) < 4.78 is 10.6. The minimum Gasteiger partial charge on any atom is -0.410 e. The van der Waals surface area contributed by atoms with Crippen LogP contribution in [0.1, 0.15) is 6.92 Å². The van der Waals surface area contributed by atoms with E-state index in [1.54, 1.807) is 4.90 Å². The quantitative estimate of drug-likeness (QED) is 0.542. The summed E-state index contributed by atoms with van der Waals surface area (Å²) >= 11 is 0. The van der Waals surface area contributed by atoms with Crippen LogP contribution in [0.2, 0.25) is 0 Å². The molecule has 2 aliphatic heterocycles. The number of hydrazone groups is 1. The van der Waals surface area contributed by atoms with E-state index in [0.717, 1.165) is 4.90 Å². The number of non-ortho nitro benzene ring substituents is 1. The first-order valence-corrected chi connectivity index (χ1v) is 8.64. The van der Waals surface area contributed by atoms with Gasteiger partial charge in [-0.1, -0.05) is 6.92 Å². The van der Waals surface area contributed by atoms with Gasteiger partial charge in [0.25, 0.3) is 11.6 Å². The minimum absolute atomic E-state index is 0.0870. The largest absolute Gasteiger partial charge is 0.422 e. The lowest BCUT2D eigenvalue weighted by molar-refractivity contribution is -0.486. The molecule has 12 nitrogen and oxygen atoms in total. The highest BCUT2D eigenvalue weighted by Gasteiger charge is 2.38. The maximum Gasteiger partial charge on any atom is 0.422 e. The van der Waals surface area contributed by atoms with Crippen molar-refractivity contribution in [2.45, 2.75) is 6.92 Å². The van der Waals surface area contributed by atoms with Crippen LogP contribution in [0.15, 0.2) is 29.4 Å². The van der Waals surface area contributed by atoms with Crippen LogP contribution in [0.25, 0.3) is 0 Å². The summed E-state index contributed by atoms with van der Waals surface area (Å²) in [5.41, 5.74) is -0.143. The summed E-state index contributed by atoms with van der Waals surface area (Å²) in [5, 5.41) is 24.2. The molecule has 0 radical (unpaired) electrons. The van der Waals surface area contributed by atoms with Gasteiger partial charge >= 0.3 is 6.09 Å². The molecule has 150 valence electrons. The maximum atomic E-state index is 12.5. The van der Waals surface area contributed by atoms with E-state index in [2.05, 4.69) is 5.10 Å². The Kier molecular flexibility index (Phi) is 5.68. The monoisotopic (exact) mass is 393 g/mol. The average molecular weight is 393 g/mol. The number of hydrogen-bond acceptors (Lipinski definition) is 7. The second kappa shape index (κ2) is 8.17. The molecule has 2 unspecified atom stereocenters. The van der Waals surface area contributed by atoms with Crippen molar-refractivity contribution in [1.29, 1.82) is 0 Å². The van der Waals surface area contributed by atoms with E-state index in [1.165, 1.54) is 24.3 Å². The number of ether oxygens (including phenoxy) is 2. The first-order chi connectivity index (χ1) is 13.3. The van der Waals surface area contributed by atoms with Gasteiger partial charge in [-0.2, -0.15) is 0 Å². The van der Waals surface area contributed by atoms with Gasteiger partial charge < -0.3 is 14.4 Å². The highest BCUT2D eigenvalue weighted by Crippen LogP contribution is 2.24. The normalized spacial score (nSPS) is 23.2. The first kappa shape index (κ1) is 19.5. The summed E-state index contributed by atoms with van der Waals surface area (Å²) in [4.78, 5) is 36.3. The van der Waals surface area contributed by atoms with Crippen LogP contribution in [-0.2, 0) is 4.74 Å². The van der Waals surface area contributed by atoms with Crippen LogP contribution in [0.3, 0.4) is 0 Å². The molecule has 2 fully saturated rings. The van der Waals surface area contributed by atoms with Crippen molar-refractivity contribution in [2.24, 2.45) is 16.9 Å². The van der Waals surface area contributed by atoms with Gasteiger partial charge in [-0.3, -0.25) is 10.1 Å². The number of guanidine groups is 1. The molecule has 1 aromatic rings. The van der Waals surface area contributed by atoms with Gasteiger partial charge in [0.1, 0.15) is 10.9 Å². The van der Waals surface area contributed by atoms with Gasteiger partial charge in [0.2, 0.25) is 0 Å². The van der Waals surface area contributed by atoms with Crippen LogP contribution in [0.4, 0.5) is 10.5 Å². The number of benzene rings is 1. The Bertz CT molecular complexity index is 797. The highest BCUT2D eigenvalue weighted by atomic mass is 16.7. The third kappa shape index (κ3) is 4.34. The Morgan fingerprint density at radius 2 is 1.96 bits per heavy atom. The van der Waals surface area contributed by atoms with Gasteiger partial charge in [-0.25, -0.2) is 19.8 Å². The molecule has 2 saturated heterocycles. The predicted molar refractivity (Wildman–Crippen MR) is 95.3 cm³/mol. The van der Waals surface area contributed by atoms with Crippen LogP contribution in [-0.4, -0.2) is 64.7 Å². The fraction of sp³-hybridized carbons (Fsp3) is 0.500. The van der Waals surface area contributed by atoms with Gasteiger partial charge in [0.05, 0.1) is 18.1 Å².